The van der Waals surface area contributed by atoms with Gasteiger partial charge in [-0.25, -0.2) is 0 Å². The van der Waals surface area contributed by atoms with Gasteiger partial charge < -0.3 is 5.32 Å². The molecule has 4 heteroatoms. The summed E-state index contributed by atoms with van der Waals surface area (Å²) in [5.41, 5.74) is 2.11. The summed E-state index contributed by atoms with van der Waals surface area (Å²) in [5, 5.41) is 7.56. The van der Waals surface area contributed by atoms with E-state index in [4.69, 9.17) is 0 Å². The zero-order valence-corrected chi connectivity index (χ0v) is 13.1. The largest absolute Gasteiger partial charge is 0.351 e. The highest BCUT2D eigenvalue weighted by Gasteiger charge is 2.54. The Morgan fingerprint density at radius 1 is 1.29 bits per heavy atom. The lowest BCUT2D eigenvalue weighted by atomic mass is 9.49. The van der Waals surface area contributed by atoms with Crippen molar-refractivity contribution in [1.82, 2.24) is 15.1 Å². The van der Waals surface area contributed by atoms with Gasteiger partial charge in [0.25, 0.3) is 0 Å². The molecule has 21 heavy (non-hydrogen) atoms. The molecule has 0 atom stereocenters. The molecule has 0 aromatic carbocycles. The Labute approximate surface area is 126 Å². The van der Waals surface area contributed by atoms with Crippen molar-refractivity contribution in [3.63, 3.8) is 0 Å². The summed E-state index contributed by atoms with van der Waals surface area (Å²) in [6, 6.07) is 0. The lowest BCUT2D eigenvalue weighted by Gasteiger charge is -2.55. The molecular formula is C17H25N3O. The molecule has 1 aromatic heterocycles. The molecule has 4 fully saturated rings. The van der Waals surface area contributed by atoms with E-state index in [1.54, 1.807) is 0 Å². The first-order valence-electron chi connectivity index (χ1n) is 8.31. The molecule has 114 valence electrons. The molecule has 1 heterocycles. The number of aryl methyl sites for hydroxylation is 2. The van der Waals surface area contributed by atoms with Crippen LogP contribution in [0.1, 0.15) is 49.8 Å². The van der Waals surface area contributed by atoms with Crippen LogP contribution in [-0.2, 0) is 18.4 Å². The number of hydrogen-bond acceptors (Lipinski definition) is 2. The zero-order valence-electron chi connectivity index (χ0n) is 13.1. The minimum absolute atomic E-state index is 0.0368. The van der Waals surface area contributed by atoms with Crippen molar-refractivity contribution in [3.8, 4) is 0 Å². The fourth-order valence-electron chi connectivity index (χ4n) is 5.57. The SMILES string of the molecule is Cc1nn(C)cc1CNC(=O)C12CC3CC(CC(C3)C1)C2. The Balaban J connectivity index is 1.46. The molecule has 5 rings (SSSR count). The van der Waals surface area contributed by atoms with Gasteiger partial charge in [0.05, 0.1) is 5.69 Å². The van der Waals surface area contributed by atoms with Gasteiger partial charge in [-0.05, 0) is 63.2 Å². The van der Waals surface area contributed by atoms with Crippen LogP contribution in [0, 0.1) is 30.1 Å². The van der Waals surface area contributed by atoms with E-state index in [0.29, 0.717) is 12.5 Å². The topological polar surface area (TPSA) is 46.9 Å². The zero-order chi connectivity index (χ0) is 14.6. The van der Waals surface area contributed by atoms with Crippen LogP contribution in [0.25, 0.3) is 0 Å². The smallest absolute Gasteiger partial charge is 0.226 e. The summed E-state index contributed by atoms with van der Waals surface area (Å²) >= 11 is 0. The van der Waals surface area contributed by atoms with Crippen LogP contribution >= 0.6 is 0 Å². The molecular weight excluding hydrogens is 262 g/mol. The van der Waals surface area contributed by atoms with Gasteiger partial charge in [-0.1, -0.05) is 0 Å². The highest BCUT2D eigenvalue weighted by atomic mass is 16.2. The molecule has 4 aliphatic rings. The molecule has 0 radical (unpaired) electrons. The number of carbonyl (C=O) groups excluding carboxylic acids is 1. The van der Waals surface area contributed by atoms with Gasteiger partial charge in [0.15, 0.2) is 0 Å². The van der Waals surface area contributed by atoms with Gasteiger partial charge in [0.2, 0.25) is 5.91 Å². The Hall–Kier alpha value is -1.32. The van der Waals surface area contributed by atoms with Crippen LogP contribution in [0.4, 0.5) is 0 Å². The molecule has 4 aliphatic carbocycles. The van der Waals surface area contributed by atoms with Gasteiger partial charge in [0.1, 0.15) is 0 Å². The number of amides is 1. The summed E-state index contributed by atoms with van der Waals surface area (Å²) in [6.45, 7) is 2.63. The number of hydrogen-bond donors (Lipinski definition) is 1. The summed E-state index contributed by atoms with van der Waals surface area (Å²) in [7, 11) is 1.93. The molecule has 4 nitrogen and oxygen atoms in total. The van der Waals surface area contributed by atoms with Crippen molar-refractivity contribution in [2.24, 2.45) is 30.2 Å². The highest BCUT2D eigenvalue weighted by molar-refractivity contribution is 5.83. The number of nitrogens with one attached hydrogen (secondary N) is 1. The van der Waals surface area contributed by atoms with E-state index in [9.17, 15) is 4.79 Å². The van der Waals surface area contributed by atoms with Crippen molar-refractivity contribution in [1.29, 1.82) is 0 Å². The number of aromatic nitrogens is 2. The van der Waals surface area contributed by atoms with Gasteiger partial charge >= 0.3 is 0 Å². The molecule has 0 unspecified atom stereocenters. The van der Waals surface area contributed by atoms with Crippen molar-refractivity contribution in [2.45, 2.75) is 52.0 Å². The first-order valence-corrected chi connectivity index (χ1v) is 8.31. The van der Waals surface area contributed by atoms with Crippen LogP contribution in [0.15, 0.2) is 6.20 Å². The average Bonchev–Trinajstić information content (AvgIpc) is 2.72. The summed E-state index contributed by atoms with van der Waals surface area (Å²) < 4.78 is 1.82. The molecule has 4 saturated carbocycles. The van der Waals surface area contributed by atoms with Gasteiger partial charge in [-0.2, -0.15) is 5.10 Å². The van der Waals surface area contributed by atoms with E-state index in [1.807, 2.05) is 24.9 Å². The highest BCUT2D eigenvalue weighted by Crippen LogP contribution is 2.60. The fraction of sp³-hybridized carbons (Fsp3) is 0.765. The third-order valence-corrected chi connectivity index (χ3v) is 6.07. The molecule has 1 N–H and O–H groups in total. The van der Waals surface area contributed by atoms with Crippen LogP contribution in [0.3, 0.4) is 0 Å². The average molecular weight is 287 g/mol. The Morgan fingerprint density at radius 2 is 1.86 bits per heavy atom. The maximum Gasteiger partial charge on any atom is 0.226 e. The fourth-order valence-corrected chi connectivity index (χ4v) is 5.57. The molecule has 0 spiro atoms. The number of rotatable bonds is 3. The van der Waals surface area contributed by atoms with Gasteiger partial charge in [-0.15, -0.1) is 0 Å². The lowest BCUT2D eigenvalue weighted by molar-refractivity contribution is -0.146. The third kappa shape index (κ3) is 2.19. The van der Waals surface area contributed by atoms with E-state index in [2.05, 4.69) is 10.4 Å². The summed E-state index contributed by atoms with van der Waals surface area (Å²) in [4.78, 5) is 12.8. The van der Waals surface area contributed by atoms with Crippen molar-refractivity contribution < 1.29 is 4.79 Å². The van der Waals surface area contributed by atoms with E-state index >= 15 is 0 Å². The minimum Gasteiger partial charge on any atom is -0.351 e. The molecule has 1 aromatic rings. The first-order chi connectivity index (χ1) is 10.0. The van der Waals surface area contributed by atoms with E-state index in [1.165, 1.54) is 19.3 Å². The Kier molecular flexibility index (Phi) is 2.92. The maximum absolute atomic E-state index is 12.8. The molecule has 0 aliphatic heterocycles. The standard InChI is InChI=1S/C17H25N3O/c1-11-15(10-20(2)19-11)9-18-16(21)17-6-12-3-13(7-17)5-14(4-12)8-17/h10,12-14H,3-9H2,1-2H3,(H,18,21). The van der Waals surface area contributed by atoms with E-state index in [-0.39, 0.29) is 5.41 Å². The summed E-state index contributed by atoms with van der Waals surface area (Å²) in [5.74, 6) is 2.77. The van der Waals surface area contributed by atoms with Crippen molar-refractivity contribution in [2.75, 3.05) is 0 Å². The number of nitrogens with zero attached hydrogens (tertiary/aromatic N) is 2. The molecule has 1 amide bonds. The second kappa shape index (κ2) is 4.59. The quantitative estimate of drug-likeness (QED) is 0.928. The minimum atomic E-state index is -0.0368. The second-order valence-electron chi connectivity index (χ2n) is 7.79. The first kappa shape index (κ1) is 13.4. The third-order valence-electron chi connectivity index (χ3n) is 6.07. The van der Waals surface area contributed by atoms with E-state index in [0.717, 1.165) is 48.3 Å². The molecule has 4 bridgehead atoms. The monoisotopic (exact) mass is 287 g/mol. The van der Waals surface area contributed by atoms with Crippen LogP contribution in [0.5, 0.6) is 0 Å². The second-order valence-corrected chi connectivity index (χ2v) is 7.79. The summed E-state index contributed by atoms with van der Waals surface area (Å²) in [6.07, 6.45) is 9.57. The van der Waals surface area contributed by atoms with Gasteiger partial charge in [0, 0.05) is 30.8 Å². The maximum atomic E-state index is 12.8. The Morgan fingerprint density at radius 3 is 2.33 bits per heavy atom. The van der Waals surface area contributed by atoms with Crippen molar-refractivity contribution >= 4 is 5.91 Å². The van der Waals surface area contributed by atoms with Gasteiger partial charge in [-0.3, -0.25) is 9.48 Å². The molecule has 0 saturated heterocycles. The lowest BCUT2D eigenvalue weighted by Crippen LogP contribution is -2.53. The van der Waals surface area contributed by atoms with Crippen LogP contribution in [0.2, 0.25) is 0 Å². The van der Waals surface area contributed by atoms with Crippen molar-refractivity contribution in [3.05, 3.63) is 17.5 Å². The van der Waals surface area contributed by atoms with Crippen LogP contribution < -0.4 is 5.32 Å². The predicted octanol–water partition coefficient (Wildman–Crippen LogP) is 2.56. The Bertz CT molecular complexity index is 539. The normalized spacial score (nSPS) is 37.0. The van der Waals surface area contributed by atoms with E-state index < -0.39 is 0 Å². The van der Waals surface area contributed by atoms with Crippen LogP contribution in [-0.4, -0.2) is 15.7 Å². The predicted molar refractivity (Wildman–Crippen MR) is 80.4 cm³/mol. The number of carbonyl (C=O) groups is 1.